The van der Waals surface area contributed by atoms with Crippen LogP contribution in [0.25, 0.3) is 17.0 Å². The molecule has 0 saturated carbocycles. The molecule has 0 radical (unpaired) electrons. The zero-order chi connectivity index (χ0) is 24.6. The van der Waals surface area contributed by atoms with Gasteiger partial charge in [0, 0.05) is 46.5 Å². The lowest BCUT2D eigenvalue weighted by Gasteiger charge is -2.22. The molecule has 182 valence electrons. The Hall–Kier alpha value is -3.38. The number of halogens is 1. The molecule has 2 aromatic carbocycles. The van der Waals surface area contributed by atoms with Crippen molar-refractivity contribution in [2.75, 3.05) is 25.0 Å². The monoisotopic (exact) mass is 491 g/mol. The number of hydrogen-bond donors (Lipinski definition) is 2. The van der Waals surface area contributed by atoms with E-state index in [-0.39, 0.29) is 11.9 Å². The number of hydrogen-bond acceptors (Lipinski definition) is 5. The third-order valence-corrected chi connectivity index (χ3v) is 6.27. The second-order valence-corrected chi connectivity index (χ2v) is 8.96. The van der Waals surface area contributed by atoms with Gasteiger partial charge in [-0.2, -0.15) is 0 Å². The molecular formula is C28H30ClN3O3. The number of benzene rings is 2. The van der Waals surface area contributed by atoms with Crippen molar-refractivity contribution in [3.63, 3.8) is 0 Å². The molecule has 2 N–H and O–H groups in total. The van der Waals surface area contributed by atoms with Crippen molar-refractivity contribution < 1.29 is 14.3 Å². The van der Waals surface area contributed by atoms with Crippen molar-refractivity contribution in [2.45, 2.75) is 39.0 Å². The van der Waals surface area contributed by atoms with E-state index in [2.05, 4.69) is 10.6 Å². The van der Waals surface area contributed by atoms with E-state index in [0.717, 1.165) is 48.0 Å². The number of esters is 1. The number of carbonyl (C=O) groups excluding carboxylic acids is 2. The topological polar surface area (TPSA) is 80.3 Å². The summed E-state index contributed by atoms with van der Waals surface area (Å²) in [5.74, 6) is -0.501. The van der Waals surface area contributed by atoms with Crippen molar-refractivity contribution in [2.24, 2.45) is 0 Å². The largest absolute Gasteiger partial charge is 0.463 e. The number of ether oxygens (including phenoxy) is 1. The van der Waals surface area contributed by atoms with E-state index in [0.29, 0.717) is 23.7 Å². The van der Waals surface area contributed by atoms with Crippen LogP contribution in [0.5, 0.6) is 0 Å². The minimum absolute atomic E-state index is 0.118. The summed E-state index contributed by atoms with van der Waals surface area (Å²) in [7, 11) is 0. The molecule has 1 aromatic heterocycles. The number of fused-ring (bicyclic) bond motifs is 2. The Morgan fingerprint density at radius 1 is 1.09 bits per heavy atom. The first-order valence-electron chi connectivity index (χ1n) is 12.1. The van der Waals surface area contributed by atoms with Crippen molar-refractivity contribution in [1.29, 1.82) is 0 Å². The molecule has 4 rings (SSSR count). The van der Waals surface area contributed by atoms with Gasteiger partial charge >= 0.3 is 5.97 Å². The molecule has 3 aromatic rings. The second kappa shape index (κ2) is 11.8. The van der Waals surface area contributed by atoms with Crippen LogP contribution in [0.3, 0.4) is 0 Å². The Morgan fingerprint density at radius 3 is 2.69 bits per heavy atom. The van der Waals surface area contributed by atoms with Gasteiger partial charge in [0.05, 0.1) is 12.1 Å². The van der Waals surface area contributed by atoms with Gasteiger partial charge in [0.2, 0.25) is 0 Å². The predicted octanol–water partition coefficient (Wildman–Crippen LogP) is 5.58. The highest BCUT2D eigenvalue weighted by Crippen LogP contribution is 2.34. The molecule has 1 amide bonds. The maximum atomic E-state index is 12.5. The Kier molecular flexibility index (Phi) is 8.37. The number of amides is 1. The fourth-order valence-corrected chi connectivity index (χ4v) is 4.47. The van der Waals surface area contributed by atoms with E-state index in [1.165, 1.54) is 30.2 Å². The van der Waals surface area contributed by atoms with Crippen molar-refractivity contribution >= 4 is 46.1 Å². The fraction of sp³-hybridized carbons (Fsp3) is 0.321. The molecule has 35 heavy (non-hydrogen) atoms. The van der Waals surface area contributed by atoms with Gasteiger partial charge in [0.25, 0.3) is 5.91 Å². The normalized spacial score (nSPS) is 13.0. The molecule has 0 spiro atoms. The van der Waals surface area contributed by atoms with Crippen LogP contribution in [-0.4, -0.2) is 36.6 Å². The molecule has 7 heteroatoms. The average molecular weight is 492 g/mol. The van der Waals surface area contributed by atoms with Crippen LogP contribution >= 0.6 is 11.6 Å². The maximum absolute atomic E-state index is 12.5. The molecule has 1 heterocycles. The van der Waals surface area contributed by atoms with Crippen LogP contribution in [0.2, 0.25) is 5.02 Å². The molecule has 0 saturated heterocycles. The number of aromatic nitrogens is 1. The highest BCUT2D eigenvalue weighted by Gasteiger charge is 2.18. The summed E-state index contributed by atoms with van der Waals surface area (Å²) in [5.41, 5.74) is 5.97. The summed E-state index contributed by atoms with van der Waals surface area (Å²) in [5, 5.41) is 8.37. The van der Waals surface area contributed by atoms with E-state index in [1.807, 2.05) is 18.2 Å². The van der Waals surface area contributed by atoms with E-state index >= 15 is 0 Å². The van der Waals surface area contributed by atoms with Gasteiger partial charge in [-0.3, -0.25) is 9.78 Å². The van der Waals surface area contributed by atoms with Gasteiger partial charge in [-0.1, -0.05) is 23.7 Å². The van der Waals surface area contributed by atoms with Gasteiger partial charge in [-0.05, 0) is 86.6 Å². The van der Waals surface area contributed by atoms with Crippen LogP contribution in [-0.2, 0) is 22.4 Å². The summed E-state index contributed by atoms with van der Waals surface area (Å²) in [6.07, 6.45) is 8.21. The molecule has 6 nitrogen and oxygen atoms in total. The third kappa shape index (κ3) is 6.40. The number of pyridine rings is 1. The summed E-state index contributed by atoms with van der Waals surface area (Å²) < 4.78 is 4.87. The summed E-state index contributed by atoms with van der Waals surface area (Å²) in [4.78, 5) is 28.8. The van der Waals surface area contributed by atoms with E-state index in [1.54, 1.807) is 37.3 Å². The number of nitrogens with one attached hydrogen (secondary N) is 2. The highest BCUT2D eigenvalue weighted by molar-refractivity contribution is 6.31. The van der Waals surface area contributed by atoms with Gasteiger partial charge in [-0.15, -0.1) is 0 Å². The number of nitrogens with zero attached hydrogens (tertiary/aromatic N) is 1. The van der Waals surface area contributed by atoms with Crippen LogP contribution in [0, 0.1) is 0 Å². The van der Waals surface area contributed by atoms with Crippen LogP contribution in [0.15, 0.2) is 48.5 Å². The molecule has 0 unspecified atom stereocenters. The van der Waals surface area contributed by atoms with Gasteiger partial charge in [0.1, 0.15) is 0 Å². The van der Waals surface area contributed by atoms with Gasteiger partial charge in [0.15, 0.2) is 0 Å². The Morgan fingerprint density at radius 2 is 1.89 bits per heavy atom. The highest BCUT2D eigenvalue weighted by atomic mass is 35.5. The lowest BCUT2D eigenvalue weighted by molar-refractivity contribution is -0.137. The summed E-state index contributed by atoms with van der Waals surface area (Å²) in [6, 6.07) is 13.0. The molecule has 0 bridgehead atoms. The standard InChI is InChI=1S/C28H30ClN3O3/c1-2-35-26(33)15-10-19-8-11-20(12-9-19)28(34)31-17-5-16-30-27-22-6-3-4-7-24(22)32-25-18-21(29)13-14-23(25)27/h8-15,18H,2-7,16-17H2,1H3,(H,30,32)(H,31,34)/b15-10+. The smallest absolute Gasteiger partial charge is 0.330 e. The first kappa shape index (κ1) is 24.7. The van der Waals surface area contributed by atoms with Gasteiger partial charge in [-0.25, -0.2) is 4.79 Å². The Balaban J connectivity index is 1.30. The summed E-state index contributed by atoms with van der Waals surface area (Å²) in [6.45, 7) is 3.41. The van der Waals surface area contributed by atoms with Crippen LogP contribution in [0.1, 0.15) is 53.4 Å². The van der Waals surface area contributed by atoms with Crippen LogP contribution < -0.4 is 10.6 Å². The molecule has 1 aliphatic carbocycles. The number of carbonyl (C=O) groups is 2. The van der Waals surface area contributed by atoms with Crippen molar-refractivity contribution in [3.05, 3.63) is 75.9 Å². The van der Waals surface area contributed by atoms with Crippen molar-refractivity contribution in [1.82, 2.24) is 10.3 Å². The fourth-order valence-electron chi connectivity index (χ4n) is 4.31. The molecular weight excluding hydrogens is 462 g/mol. The zero-order valence-electron chi connectivity index (χ0n) is 19.9. The molecule has 1 aliphatic rings. The van der Waals surface area contributed by atoms with E-state index in [4.69, 9.17) is 21.3 Å². The molecule has 0 atom stereocenters. The zero-order valence-corrected chi connectivity index (χ0v) is 20.7. The number of rotatable bonds is 9. The first-order valence-corrected chi connectivity index (χ1v) is 12.5. The SMILES string of the molecule is CCOC(=O)/C=C/c1ccc(C(=O)NCCCNc2c3c(nc4cc(Cl)ccc24)CCCC3)cc1. The number of anilines is 1. The van der Waals surface area contributed by atoms with E-state index < -0.39 is 0 Å². The molecule has 0 aliphatic heterocycles. The maximum Gasteiger partial charge on any atom is 0.330 e. The van der Waals surface area contributed by atoms with E-state index in [9.17, 15) is 9.59 Å². The van der Waals surface area contributed by atoms with Gasteiger partial charge < -0.3 is 15.4 Å². The van der Waals surface area contributed by atoms with Crippen LogP contribution in [0.4, 0.5) is 5.69 Å². The average Bonchev–Trinajstić information content (AvgIpc) is 2.87. The Bertz CT molecular complexity index is 1240. The van der Waals surface area contributed by atoms with Crippen molar-refractivity contribution in [3.8, 4) is 0 Å². The molecule has 0 fully saturated rings. The first-order chi connectivity index (χ1) is 17.0. The lowest BCUT2D eigenvalue weighted by atomic mass is 9.92. The quantitative estimate of drug-likeness (QED) is 0.232. The summed E-state index contributed by atoms with van der Waals surface area (Å²) >= 11 is 6.21. The third-order valence-electron chi connectivity index (χ3n) is 6.04. The minimum Gasteiger partial charge on any atom is -0.463 e. The lowest BCUT2D eigenvalue weighted by Crippen LogP contribution is -2.26. The predicted molar refractivity (Wildman–Crippen MR) is 141 cm³/mol. The second-order valence-electron chi connectivity index (χ2n) is 8.52. The Labute approximate surface area is 210 Å². The number of aryl methyl sites for hydroxylation is 1. The minimum atomic E-state index is -0.382.